The lowest BCUT2D eigenvalue weighted by molar-refractivity contribution is 0.0997. The van der Waals surface area contributed by atoms with Crippen LogP contribution in [0.3, 0.4) is 0 Å². The number of hydrogen-bond donors (Lipinski definition) is 0. The summed E-state index contributed by atoms with van der Waals surface area (Å²) in [5.41, 5.74) is 1.44. The first kappa shape index (κ1) is 20.2. The molecule has 2 aromatic carbocycles. The van der Waals surface area contributed by atoms with Gasteiger partial charge in [-0.1, -0.05) is 36.8 Å². The number of rotatable bonds is 7. The van der Waals surface area contributed by atoms with E-state index in [2.05, 4.69) is 18.5 Å². The Balaban J connectivity index is 1.71. The molecule has 0 spiro atoms. The zero-order chi connectivity index (χ0) is 20.9. The predicted octanol–water partition coefficient (Wildman–Crippen LogP) is 4.58. The Bertz CT molecular complexity index is 1150. The summed E-state index contributed by atoms with van der Waals surface area (Å²) in [5.74, 6) is 1.80. The van der Waals surface area contributed by atoms with Crippen molar-refractivity contribution in [1.29, 1.82) is 0 Å². The largest absolute Gasteiger partial charge is 0.494 e. The van der Waals surface area contributed by atoms with E-state index >= 15 is 0 Å². The second-order valence-electron chi connectivity index (χ2n) is 6.89. The molecule has 1 aliphatic heterocycles. The van der Waals surface area contributed by atoms with Crippen LogP contribution < -0.4 is 19.0 Å². The number of hydrogen-bond acceptors (Lipinski definition) is 5. The number of benzene rings is 2. The van der Waals surface area contributed by atoms with E-state index in [1.165, 1.54) is 11.3 Å². The molecule has 0 fully saturated rings. The molecular weight excluding hydrogens is 400 g/mol. The topological polar surface area (TPSA) is 62.1 Å². The third-order valence-corrected chi connectivity index (χ3v) is 5.74. The molecule has 156 valence electrons. The van der Waals surface area contributed by atoms with Crippen molar-refractivity contribution in [2.75, 3.05) is 19.8 Å². The fourth-order valence-electron chi connectivity index (χ4n) is 3.20. The fraction of sp³-hybridized carbons (Fsp3) is 0.304. The van der Waals surface area contributed by atoms with Gasteiger partial charge in [0.25, 0.3) is 5.91 Å². The molecule has 4 rings (SSSR count). The lowest BCUT2D eigenvalue weighted by Gasteiger charge is -2.18. The highest BCUT2D eigenvalue weighted by atomic mass is 32.1. The van der Waals surface area contributed by atoms with Crippen LogP contribution in [0.5, 0.6) is 17.2 Å². The van der Waals surface area contributed by atoms with Gasteiger partial charge < -0.3 is 18.8 Å². The summed E-state index contributed by atoms with van der Waals surface area (Å²) in [4.78, 5) is 17.9. The Morgan fingerprint density at radius 3 is 2.83 bits per heavy atom. The lowest BCUT2D eigenvalue weighted by Crippen LogP contribution is -2.17. The number of unbranched alkanes of at least 4 members (excludes halogenated alkanes) is 1. The Morgan fingerprint density at radius 1 is 1.27 bits per heavy atom. The highest BCUT2D eigenvalue weighted by Gasteiger charge is 2.16. The zero-order valence-electron chi connectivity index (χ0n) is 16.9. The van der Waals surface area contributed by atoms with Crippen LogP contribution in [0.4, 0.5) is 0 Å². The number of thiazole rings is 1. The molecule has 3 aromatic rings. The Hall–Kier alpha value is -3.06. The molecular formula is C23H24N2O4S. The van der Waals surface area contributed by atoms with Crippen LogP contribution in [-0.2, 0) is 6.54 Å². The van der Waals surface area contributed by atoms with Crippen LogP contribution in [0, 0.1) is 0 Å². The SMILES string of the molecule is C=CCn1c(=NC(=O)c2cccc(OCCCC)c2)sc2cc3c(cc21)OCCO3. The van der Waals surface area contributed by atoms with Gasteiger partial charge in [0.05, 0.1) is 16.8 Å². The van der Waals surface area contributed by atoms with E-state index < -0.39 is 0 Å². The molecule has 0 radical (unpaired) electrons. The van der Waals surface area contributed by atoms with Crippen LogP contribution in [-0.4, -0.2) is 30.3 Å². The Labute approximate surface area is 179 Å². The van der Waals surface area contributed by atoms with Gasteiger partial charge in [0.1, 0.15) is 19.0 Å². The highest BCUT2D eigenvalue weighted by Crippen LogP contribution is 2.35. The van der Waals surface area contributed by atoms with E-state index in [0.29, 0.717) is 48.2 Å². The van der Waals surface area contributed by atoms with Gasteiger partial charge in [-0.2, -0.15) is 4.99 Å². The van der Waals surface area contributed by atoms with Crippen molar-refractivity contribution in [2.45, 2.75) is 26.3 Å². The first-order valence-corrected chi connectivity index (χ1v) is 10.9. The van der Waals surface area contributed by atoms with Gasteiger partial charge in [-0.25, -0.2) is 0 Å². The second-order valence-corrected chi connectivity index (χ2v) is 7.90. The standard InChI is InChI=1S/C23H24N2O4S/c1-3-5-10-27-17-8-6-7-16(13-17)22(26)24-23-25(9-4-2)18-14-19-20(15-21(18)30-23)29-12-11-28-19/h4,6-8,13-15H,2-3,5,9-12H2,1H3. The summed E-state index contributed by atoms with van der Waals surface area (Å²) >= 11 is 1.44. The maximum Gasteiger partial charge on any atom is 0.279 e. The first-order valence-electron chi connectivity index (χ1n) is 10.1. The molecule has 1 amide bonds. The summed E-state index contributed by atoms with van der Waals surface area (Å²) in [6.45, 7) is 8.17. The number of amides is 1. The van der Waals surface area contributed by atoms with E-state index in [1.54, 1.807) is 18.2 Å². The molecule has 0 N–H and O–H groups in total. The number of nitrogens with zero attached hydrogens (tertiary/aromatic N) is 2. The van der Waals surface area contributed by atoms with Crippen molar-refractivity contribution in [1.82, 2.24) is 4.57 Å². The number of ether oxygens (including phenoxy) is 3. The van der Waals surface area contributed by atoms with Crippen LogP contribution in [0.2, 0.25) is 0 Å². The molecule has 0 aliphatic carbocycles. The summed E-state index contributed by atoms with van der Waals surface area (Å²) in [7, 11) is 0. The van der Waals surface area contributed by atoms with Crippen molar-refractivity contribution < 1.29 is 19.0 Å². The molecule has 2 heterocycles. The molecule has 30 heavy (non-hydrogen) atoms. The summed E-state index contributed by atoms with van der Waals surface area (Å²) in [6, 6.07) is 11.1. The molecule has 1 aliphatic rings. The van der Waals surface area contributed by atoms with Gasteiger partial charge in [-0.3, -0.25) is 4.79 Å². The monoisotopic (exact) mass is 424 g/mol. The third kappa shape index (κ3) is 4.26. The van der Waals surface area contributed by atoms with Crippen molar-refractivity contribution in [3.8, 4) is 17.2 Å². The Morgan fingerprint density at radius 2 is 2.07 bits per heavy atom. The Kier molecular flexibility index (Phi) is 6.18. The number of carbonyl (C=O) groups excluding carboxylic acids is 1. The van der Waals surface area contributed by atoms with E-state index in [0.717, 1.165) is 28.8 Å². The van der Waals surface area contributed by atoms with Gasteiger partial charge in [0.2, 0.25) is 0 Å². The highest BCUT2D eigenvalue weighted by molar-refractivity contribution is 7.16. The minimum absolute atomic E-state index is 0.308. The van der Waals surface area contributed by atoms with E-state index in [9.17, 15) is 4.79 Å². The fourth-order valence-corrected chi connectivity index (χ4v) is 4.25. The second kappa shape index (κ2) is 9.17. The lowest BCUT2D eigenvalue weighted by atomic mass is 10.2. The van der Waals surface area contributed by atoms with Crippen molar-refractivity contribution >= 4 is 27.5 Å². The van der Waals surface area contributed by atoms with E-state index in [-0.39, 0.29) is 5.91 Å². The number of aromatic nitrogens is 1. The van der Waals surface area contributed by atoms with E-state index in [4.69, 9.17) is 14.2 Å². The van der Waals surface area contributed by atoms with Gasteiger partial charge in [0, 0.05) is 24.2 Å². The average molecular weight is 425 g/mol. The van der Waals surface area contributed by atoms with E-state index in [1.807, 2.05) is 28.8 Å². The summed E-state index contributed by atoms with van der Waals surface area (Å²) < 4.78 is 20.0. The van der Waals surface area contributed by atoms with Crippen molar-refractivity contribution in [3.63, 3.8) is 0 Å². The van der Waals surface area contributed by atoms with Crippen LogP contribution in [0.15, 0.2) is 54.0 Å². The van der Waals surface area contributed by atoms with Crippen molar-refractivity contribution in [3.05, 3.63) is 59.4 Å². The molecule has 0 atom stereocenters. The summed E-state index contributed by atoms with van der Waals surface area (Å²) in [5, 5.41) is 0. The van der Waals surface area contributed by atoms with Gasteiger partial charge >= 0.3 is 0 Å². The zero-order valence-corrected chi connectivity index (χ0v) is 17.7. The number of fused-ring (bicyclic) bond motifs is 2. The molecule has 0 saturated carbocycles. The van der Waals surface area contributed by atoms with Crippen LogP contribution >= 0.6 is 11.3 Å². The smallest absolute Gasteiger partial charge is 0.279 e. The predicted molar refractivity (Wildman–Crippen MR) is 118 cm³/mol. The van der Waals surface area contributed by atoms with Gasteiger partial charge in [-0.05, 0) is 24.6 Å². The summed E-state index contributed by atoms with van der Waals surface area (Å²) in [6.07, 6.45) is 3.82. The van der Waals surface area contributed by atoms with Gasteiger partial charge in [0.15, 0.2) is 16.3 Å². The molecule has 7 heteroatoms. The van der Waals surface area contributed by atoms with Crippen LogP contribution in [0.25, 0.3) is 10.2 Å². The maximum absolute atomic E-state index is 12.9. The molecule has 0 saturated heterocycles. The minimum atomic E-state index is -0.308. The molecule has 6 nitrogen and oxygen atoms in total. The molecule has 0 unspecified atom stereocenters. The maximum atomic E-state index is 12.9. The van der Waals surface area contributed by atoms with Gasteiger partial charge in [-0.15, -0.1) is 6.58 Å². The van der Waals surface area contributed by atoms with Crippen molar-refractivity contribution in [2.24, 2.45) is 4.99 Å². The molecule has 0 bridgehead atoms. The normalized spacial score (nSPS) is 13.4. The first-order chi connectivity index (χ1) is 14.7. The van der Waals surface area contributed by atoms with Crippen LogP contribution in [0.1, 0.15) is 30.1 Å². The number of allylic oxidation sites excluding steroid dienone is 1. The molecule has 1 aromatic heterocycles. The minimum Gasteiger partial charge on any atom is -0.494 e. The third-order valence-electron chi connectivity index (χ3n) is 4.70. The number of carbonyl (C=O) groups is 1. The quantitative estimate of drug-likeness (QED) is 0.411. The average Bonchev–Trinajstić information content (AvgIpc) is 3.08.